The van der Waals surface area contributed by atoms with Crippen LogP contribution >= 0.6 is 0 Å². The smallest absolute Gasteiger partial charge is 0.336 e. The molecular weight excluding hydrogens is 361 g/mol. The number of fused-ring (bicyclic) bond motifs is 1. The maximum absolute atomic E-state index is 13.0. The molecule has 0 unspecified atom stereocenters. The summed E-state index contributed by atoms with van der Waals surface area (Å²) in [5, 5.41) is 7.02. The number of nitrogens with one attached hydrogen (secondary N) is 2. The molecule has 2 N–H and O–H groups in total. The van der Waals surface area contributed by atoms with Crippen LogP contribution in [0.4, 0.5) is 20.6 Å². The van der Waals surface area contributed by atoms with E-state index in [2.05, 4.69) is 10.6 Å². The van der Waals surface area contributed by atoms with E-state index >= 15 is 0 Å². The van der Waals surface area contributed by atoms with Crippen LogP contribution in [0.1, 0.15) is 12.8 Å². The fourth-order valence-corrected chi connectivity index (χ4v) is 3.36. The van der Waals surface area contributed by atoms with E-state index in [9.17, 15) is 14.0 Å². The Morgan fingerprint density at radius 2 is 1.71 bits per heavy atom. The van der Waals surface area contributed by atoms with Gasteiger partial charge in [0, 0.05) is 42.0 Å². The van der Waals surface area contributed by atoms with Crippen LogP contribution in [0.2, 0.25) is 0 Å². The van der Waals surface area contributed by atoms with E-state index in [0.717, 1.165) is 23.9 Å². The van der Waals surface area contributed by atoms with Crippen molar-refractivity contribution in [3.05, 3.63) is 70.8 Å². The quantitative estimate of drug-likeness (QED) is 0.672. The van der Waals surface area contributed by atoms with Crippen molar-refractivity contribution in [1.82, 2.24) is 4.90 Å². The van der Waals surface area contributed by atoms with Crippen LogP contribution in [0.15, 0.2) is 63.8 Å². The minimum absolute atomic E-state index is 0.156. The van der Waals surface area contributed by atoms with Crippen molar-refractivity contribution in [3.8, 4) is 0 Å². The summed E-state index contributed by atoms with van der Waals surface area (Å²) in [5.41, 5.74) is 1.62. The summed E-state index contributed by atoms with van der Waals surface area (Å²) in [4.78, 5) is 25.6. The van der Waals surface area contributed by atoms with Gasteiger partial charge in [-0.2, -0.15) is 0 Å². The predicted octanol–water partition coefficient (Wildman–Crippen LogP) is 4.04. The molecule has 2 amide bonds. The largest absolute Gasteiger partial charge is 0.423 e. The van der Waals surface area contributed by atoms with Gasteiger partial charge in [-0.25, -0.2) is 14.0 Å². The minimum Gasteiger partial charge on any atom is -0.423 e. The SMILES string of the molecule is O=C(Nc1ccc2oc(=O)ccc2c1)N1CCC(Nc2ccc(F)cc2)CC1. The zero-order valence-electron chi connectivity index (χ0n) is 15.2. The zero-order valence-corrected chi connectivity index (χ0v) is 15.2. The lowest BCUT2D eigenvalue weighted by atomic mass is 10.0. The molecule has 0 atom stereocenters. The third-order valence-electron chi connectivity index (χ3n) is 4.87. The molecule has 2 aromatic carbocycles. The van der Waals surface area contributed by atoms with Gasteiger partial charge < -0.3 is 20.0 Å². The molecule has 1 aliphatic rings. The molecule has 7 heteroatoms. The lowest BCUT2D eigenvalue weighted by Gasteiger charge is -2.33. The van der Waals surface area contributed by atoms with Gasteiger partial charge in [-0.3, -0.25) is 0 Å². The Labute approximate surface area is 161 Å². The fraction of sp³-hybridized carbons (Fsp3) is 0.238. The lowest BCUT2D eigenvalue weighted by Crippen LogP contribution is -2.44. The van der Waals surface area contributed by atoms with Crippen molar-refractivity contribution in [1.29, 1.82) is 0 Å². The van der Waals surface area contributed by atoms with Gasteiger partial charge in [0.1, 0.15) is 11.4 Å². The fourth-order valence-electron chi connectivity index (χ4n) is 3.36. The van der Waals surface area contributed by atoms with Crippen molar-refractivity contribution in [2.24, 2.45) is 0 Å². The Bertz CT molecular complexity index is 1040. The van der Waals surface area contributed by atoms with Gasteiger partial charge >= 0.3 is 11.7 Å². The number of hydrogen-bond donors (Lipinski definition) is 2. The van der Waals surface area contributed by atoms with Crippen LogP contribution in [0.5, 0.6) is 0 Å². The van der Waals surface area contributed by atoms with Gasteiger partial charge in [0.25, 0.3) is 0 Å². The number of halogens is 1. The van der Waals surface area contributed by atoms with E-state index in [4.69, 9.17) is 4.42 Å². The highest BCUT2D eigenvalue weighted by Crippen LogP contribution is 2.20. The maximum atomic E-state index is 13.0. The van der Waals surface area contributed by atoms with E-state index in [1.165, 1.54) is 18.2 Å². The van der Waals surface area contributed by atoms with Crippen LogP contribution in [-0.2, 0) is 0 Å². The Morgan fingerprint density at radius 3 is 2.46 bits per heavy atom. The highest BCUT2D eigenvalue weighted by atomic mass is 19.1. The molecule has 0 bridgehead atoms. The van der Waals surface area contributed by atoms with Gasteiger partial charge in [-0.05, 0) is 61.4 Å². The first-order chi connectivity index (χ1) is 13.6. The number of benzene rings is 2. The molecule has 0 spiro atoms. The maximum Gasteiger partial charge on any atom is 0.336 e. The Hall–Kier alpha value is -3.35. The van der Waals surface area contributed by atoms with E-state index in [1.807, 2.05) is 0 Å². The number of carbonyl (C=O) groups excluding carboxylic acids is 1. The number of nitrogens with zero attached hydrogens (tertiary/aromatic N) is 1. The molecule has 2 heterocycles. The summed E-state index contributed by atoms with van der Waals surface area (Å²) in [6.07, 6.45) is 1.63. The molecule has 144 valence electrons. The standard InChI is InChI=1S/C21H20FN3O3/c22-15-2-4-16(5-3-15)23-17-9-11-25(12-10-17)21(27)24-18-6-7-19-14(13-18)1-8-20(26)28-19/h1-8,13,17,23H,9-12H2,(H,24,27). The zero-order chi connectivity index (χ0) is 19.5. The molecule has 3 aromatic rings. The summed E-state index contributed by atoms with van der Waals surface area (Å²) >= 11 is 0. The molecule has 1 fully saturated rings. The number of likely N-dealkylation sites (tertiary alicyclic amines) is 1. The number of amides is 2. The van der Waals surface area contributed by atoms with Crippen LogP contribution < -0.4 is 16.3 Å². The van der Waals surface area contributed by atoms with Crippen molar-refractivity contribution in [2.75, 3.05) is 23.7 Å². The first kappa shape index (κ1) is 18.0. The number of carbonyl (C=O) groups is 1. The summed E-state index contributed by atoms with van der Waals surface area (Å²) in [5.74, 6) is -0.257. The lowest BCUT2D eigenvalue weighted by molar-refractivity contribution is 0.197. The van der Waals surface area contributed by atoms with Gasteiger partial charge in [0.15, 0.2) is 0 Å². The second kappa shape index (κ2) is 7.72. The molecular formula is C21H20FN3O3. The number of anilines is 2. The van der Waals surface area contributed by atoms with E-state index in [1.54, 1.807) is 41.3 Å². The molecule has 0 saturated carbocycles. The number of urea groups is 1. The summed E-state index contributed by atoms with van der Waals surface area (Å²) in [6, 6.07) is 14.6. The van der Waals surface area contributed by atoms with Crippen LogP contribution in [0, 0.1) is 5.82 Å². The average molecular weight is 381 g/mol. The monoisotopic (exact) mass is 381 g/mol. The Kier molecular flexibility index (Phi) is 4.97. The molecule has 28 heavy (non-hydrogen) atoms. The van der Waals surface area contributed by atoms with Crippen molar-refractivity contribution in [3.63, 3.8) is 0 Å². The predicted molar refractivity (Wildman–Crippen MR) is 106 cm³/mol. The topological polar surface area (TPSA) is 74.6 Å². The summed E-state index contributed by atoms with van der Waals surface area (Å²) in [6.45, 7) is 1.26. The summed E-state index contributed by atoms with van der Waals surface area (Å²) in [7, 11) is 0. The molecule has 1 aromatic heterocycles. The van der Waals surface area contributed by atoms with Crippen molar-refractivity contribution in [2.45, 2.75) is 18.9 Å². The van der Waals surface area contributed by atoms with Gasteiger partial charge in [-0.15, -0.1) is 0 Å². The van der Waals surface area contributed by atoms with Crippen molar-refractivity contribution >= 4 is 28.4 Å². The average Bonchev–Trinajstić information content (AvgIpc) is 2.70. The van der Waals surface area contributed by atoms with Crippen LogP contribution in [0.25, 0.3) is 11.0 Å². The first-order valence-electron chi connectivity index (χ1n) is 9.19. The third kappa shape index (κ3) is 4.14. The van der Waals surface area contributed by atoms with Gasteiger partial charge in [0.2, 0.25) is 0 Å². The highest BCUT2D eigenvalue weighted by Gasteiger charge is 2.22. The molecule has 1 aliphatic heterocycles. The second-order valence-corrected chi connectivity index (χ2v) is 6.85. The molecule has 6 nitrogen and oxygen atoms in total. The molecule has 0 radical (unpaired) electrons. The third-order valence-corrected chi connectivity index (χ3v) is 4.87. The first-order valence-corrected chi connectivity index (χ1v) is 9.19. The van der Waals surface area contributed by atoms with E-state index in [-0.39, 0.29) is 17.9 Å². The van der Waals surface area contributed by atoms with Crippen LogP contribution in [0.3, 0.4) is 0 Å². The van der Waals surface area contributed by atoms with Crippen LogP contribution in [-0.4, -0.2) is 30.1 Å². The second-order valence-electron chi connectivity index (χ2n) is 6.85. The molecule has 1 saturated heterocycles. The Morgan fingerprint density at radius 1 is 1.00 bits per heavy atom. The van der Waals surface area contributed by atoms with Gasteiger partial charge in [0.05, 0.1) is 0 Å². The number of hydrogen-bond acceptors (Lipinski definition) is 4. The van der Waals surface area contributed by atoms with Crippen molar-refractivity contribution < 1.29 is 13.6 Å². The van der Waals surface area contributed by atoms with Gasteiger partial charge in [-0.1, -0.05) is 0 Å². The van der Waals surface area contributed by atoms with E-state index < -0.39 is 5.63 Å². The summed E-state index contributed by atoms with van der Waals surface area (Å²) < 4.78 is 18.1. The number of rotatable bonds is 3. The molecule has 4 rings (SSSR count). The molecule has 0 aliphatic carbocycles. The van der Waals surface area contributed by atoms with E-state index in [0.29, 0.717) is 24.4 Å². The highest BCUT2D eigenvalue weighted by molar-refractivity contribution is 5.92. The minimum atomic E-state index is -0.401. The number of piperidine rings is 1. The Balaban J connectivity index is 1.33. The normalized spacial score (nSPS) is 14.8.